The molecule has 10 heteroatoms. The van der Waals surface area contributed by atoms with Gasteiger partial charge in [-0.1, -0.05) is 24.3 Å². The third kappa shape index (κ3) is 4.86. The number of halogens is 1. The summed E-state index contributed by atoms with van der Waals surface area (Å²) in [4.78, 5) is 40.2. The Kier molecular flexibility index (Phi) is 6.54. The molecular weight excluding hydrogens is 453 g/mol. The lowest BCUT2D eigenvalue weighted by molar-refractivity contribution is -0.132. The van der Waals surface area contributed by atoms with E-state index in [0.717, 1.165) is 11.1 Å². The quantitative estimate of drug-likeness (QED) is 0.540. The van der Waals surface area contributed by atoms with Crippen molar-refractivity contribution < 1.29 is 23.5 Å². The highest BCUT2D eigenvalue weighted by Crippen LogP contribution is 2.26. The minimum atomic E-state index is -1.23. The molecule has 9 nitrogen and oxygen atoms in total. The van der Waals surface area contributed by atoms with Crippen LogP contribution in [-0.2, 0) is 24.4 Å². The summed E-state index contributed by atoms with van der Waals surface area (Å²) >= 11 is 0. The van der Waals surface area contributed by atoms with Crippen LogP contribution in [-0.4, -0.2) is 52.1 Å². The van der Waals surface area contributed by atoms with Crippen LogP contribution in [0.2, 0.25) is 0 Å². The lowest BCUT2D eigenvalue weighted by Crippen LogP contribution is -2.62. The van der Waals surface area contributed by atoms with E-state index in [1.54, 1.807) is 33.2 Å². The Morgan fingerprint density at radius 3 is 2.51 bits per heavy atom. The van der Waals surface area contributed by atoms with E-state index in [1.807, 2.05) is 24.3 Å². The fraction of sp³-hybridized carbons (Fsp3) is 0.280. The lowest BCUT2D eigenvalue weighted by Gasteiger charge is -2.40. The summed E-state index contributed by atoms with van der Waals surface area (Å²) in [5.74, 6) is -0.926. The first-order chi connectivity index (χ1) is 16.7. The Labute approximate surface area is 201 Å². The van der Waals surface area contributed by atoms with Gasteiger partial charge in [0, 0.05) is 26.2 Å². The first-order valence-electron chi connectivity index (χ1n) is 11.0. The van der Waals surface area contributed by atoms with E-state index in [1.165, 1.54) is 27.8 Å². The van der Waals surface area contributed by atoms with Crippen LogP contribution >= 0.6 is 0 Å². The maximum absolute atomic E-state index is 13.1. The maximum Gasteiger partial charge on any atom is 0.272 e. The number of methoxy groups -OCH3 is 1. The minimum absolute atomic E-state index is 0.0724. The maximum atomic E-state index is 13.1. The molecule has 0 saturated heterocycles. The van der Waals surface area contributed by atoms with Crippen LogP contribution in [0.15, 0.2) is 54.6 Å². The molecule has 1 aliphatic heterocycles. The van der Waals surface area contributed by atoms with Gasteiger partial charge >= 0.3 is 0 Å². The fourth-order valence-corrected chi connectivity index (χ4v) is 3.87. The van der Waals surface area contributed by atoms with E-state index >= 15 is 0 Å². The molecule has 2 aromatic carbocycles. The van der Waals surface area contributed by atoms with Crippen molar-refractivity contribution in [3.05, 3.63) is 82.9 Å². The standard InChI is InChI=1S/C25H26FN5O4/c1-25(24(34)28-13-16-7-9-18(26)10-8-16)15-31-21(23(33)30(25)2)12-20(29-31)22(32)27-14-17-5-4-6-19(11-17)35-3/h4-12H,13-15H2,1-3H3,(H,27,32)(H,28,34). The Morgan fingerprint density at radius 1 is 1.09 bits per heavy atom. The summed E-state index contributed by atoms with van der Waals surface area (Å²) < 4.78 is 19.7. The van der Waals surface area contributed by atoms with E-state index in [4.69, 9.17) is 4.74 Å². The van der Waals surface area contributed by atoms with Gasteiger partial charge < -0.3 is 20.3 Å². The Morgan fingerprint density at radius 2 is 1.80 bits per heavy atom. The largest absolute Gasteiger partial charge is 0.497 e. The van der Waals surface area contributed by atoms with Gasteiger partial charge in [-0.15, -0.1) is 0 Å². The average Bonchev–Trinajstić information content (AvgIpc) is 3.29. The monoisotopic (exact) mass is 479 g/mol. The molecule has 1 aliphatic rings. The molecule has 1 aromatic heterocycles. The molecule has 0 fully saturated rings. The normalized spacial score (nSPS) is 17.0. The van der Waals surface area contributed by atoms with E-state index < -0.39 is 17.4 Å². The number of likely N-dealkylation sites (N-methyl/N-ethyl adjacent to an activating group) is 1. The number of ether oxygens (including phenoxy) is 1. The first-order valence-corrected chi connectivity index (χ1v) is 11.0. The predicted molar refractivity (Wildman–Crippen MR) is 125 cm³/mol. The average molecular weight is 480 g/mol. The minimum Gasteiger partial charge on any atom is -0.497 e. The molecule has 3 amide bonds. The molecule has 1 atom stereocenters. The first kappa shape index (κ1) is 23.9. The highest BCUT2D eigenvalue weighted by atomic mass is 19.1. The Balaban J connectivity index is 1.45. The lowest BCUT2D eigenvalue weighted by atomic mass is 9.96. The molecule has 0 bridgehead atoms. The topological polar surface area (TPSA) is 106 Å². The van der Waals surface area contributed by atoms with Crippen molar-refractivity contribution in [1.29, 1.82) is 0 Å². The van der Waals surface area contributed by atoms with Crippen molar-refractivity contribution in [2.24, 2.45) is 0 Å². The van der Waals surface area contributed by atoms with E-state index in [9.17, 15) is 18.8 Å². The van der Waals surface area contributed by atoms with Gasteiger partial charge in [0.1, 0.15) is 22.8 Å². The molecule has 1 unspecified atom stereocenters. The Hall–Kier alpha value is -4.21. The highest BCUT2D eigenvalue weighted by molar-refractivity contribution is 6.01. The van der Waals surface area contributed by atoms with Crippen LogP contribution < -0.4 is 15.4 Å². The molecule has 3 aromatic rings. The molecule has 2 heterocycles. The van der Waals surface area contributed by atoms with Crippen molar-refractivity contribution in [1.82, 2.24) is 25.3 Å². The van der Waals surface area contributed by atoms with Crippen molar-refractivity contribution in [2.45, 2.75) is 32.1 Å². The SMILES string of the molecule is COc1cccc(CNC(=O)c2cc3n(n2)CC(C)(C(=O)NCc2ccc(F)cc2)N(C)C3=O)c1. The van der Waals surface area contributed by atoms with Crippen LogP contribution in [0.4, 0.5) is 4.39 Å². The number of aromatic nitrogens is 2. The molecular formula is C25H26FN5O4. The van der Waals surface area contributed by atoms with Gasteiger partial charge in [0.2, 0.25) is 5.91 Å². The van der Waals surface area contributed by atoms with Gasteiger partial charge in [-0.3, -0.25) is 19.1 Å². The van der Waals surface area contributed by atoms with Crippen LogP contribution in [0.1, 0.15) is 39.0 Å². The van der Waals surface area contributed by atoms with Crippen LogP contribution in [0.25, 0.3) is 0 Å². The van der Waals surface area contributed by atoms with E-state index in [-0.39, 0.29) is 42.7 Å². The summed E-state index contributed by atoms with van der Waals surface area (Å²) in [6.45, 7) is 2.15. The summed E-state index contributed by atoms with van der Waals surface area (Å²) in [5.41, 5.74) is 0.652. The van der Waals surface area contributed by atoms with Crippen molar-refractivity contribution in [2.75, 3.05) is 14.2 Å². The van der Waals surface area contributed by atoms with Crippen LogP contribution in [0.5, 0.6) is 5.75 Å². The summed E-state index contributed by atoms with van der Waals surface area (Å²) in [7, 11) is 3.11. The molecule has 35 heavy (non-hydrogen) atoms. The molecule has 2 N–H and O–H groups in total. The summed E-state index contributed by atoms with van der Waals surface area (Å²) in [6, 6.07) is 14.5. The van der Waals surface area contributed by atoms with Crippen LogP contribution in [0.3, 0.4) is 0 Å². The zero-order chi connectivity index (χ0) is 25.2. The number of rotatable bonds is 7. The zero-order valence-electron chi connectivity index (χ0n) is 19.7. The highest BCUT2D eigenvalue weighted by Gasteiger charge is 2.46. The third-order valence-corrected chi connectivity index (χ3v) is 6.18. The van der Waals surface area contributed by atoms with Crippen molar-refractivity contribution in [3.8, 4) is 5.75 Å². The number of hydrogen-bond acceptors (Lipinski definition) is 5. The van der Waals surface area contributed by atoms with Crippen molar-refractivity contribution in [3.63, 3.8) is 0 Å². The second-order valence-corrected chi connectivity index (χ2v) is 8.55. The molecule has 0 saturated carbocycles. The number of benzene rings is 2. The van der Waals surface area contributed by atoms with E-state index in [0.29, 0.717) is 5.75 Å². The van der Waals surface area contributed by atoms with Gasteiger partial charge in [-0.05, 0) is 42.3 Å². The second kappa shape index (κ2) is 9.57. The molecule has 4 rings (SSSR count). The molecule has 0 aliphatic carbocycles. The summed E-state index contributed by atoms with van der Waals surface area (Å²) in [6.07, 6.45) is 0. The van der Waals surface area contributed by atoms with Crippen LogP contribution in [0, 0.1) is 5.82 Å². The Bertz CT molecular complexity index is 1270. The molecule has 0 radical (unpaired) electrons. The molecule has 182 valence electrons. The number of fused-ring (bicyclic) bond motifs is 1. The number of hydrogen-bond donors (Lipinski definition) is 2. The van der Waals surface area contributed by atoms with Gasteiger partial charge in [0.25, 0.3) is 11.8 Å². The fourth-order valence-electron chi connectivity index (χ4n) is 3.87. The number of amides is 3. The van der Waals surface area contributed by atoms with Gasteiger partial charge in [-0.2, -0.15) is 5.10 Å². The smallest absolute Gasteiger partial charge is 0.272 e. The van der Waals surface area contributed by atoms with Crippen molar-refractivity contribution >= 4 is 17.7 Å². The molecule has 0 spiro atoms. The van der Waals surface area contributed by atoms with E-state index in [2.05, 4.69) is 15.7 Å². The second-order valence-electron chi connectivity index (χ2n) is 8.55. The summed E-state index contributed by atoms with van der Waals surface area (Å²) in [5, 5.41) is 9.89. The third-order valence-electron chi connectivity index (χ3n) is 6.18. The number of carbonyl (C=O) groups excluding carboxylic acids is 3. The number of nitrogens with zero attached hydrogens (tertiary/aromatic N) is 3. The van der Waals surface area contributed by atoms with Gasteiger partial charge in [0.15, 0.2) is 5.69 Å². The van der Waals surface area contributed by atoms with Gasteiger partial charge in [0.05, 0.1) is 13.7 Å². The predicted octanol–water partition coefficient (Wildman–Crippen LogP) is 2.12. The number of nitrogens with one attached hydrogen (secondary N) is 2. The van der Waals surface area contributed by atoms with Gasteiger partial charge in [-0.25, -0.2) is 4.39 Å². The number of carbonyl (C=O) groups is 3. The zero-order valence-corrected chi connectivity index (χ0v) is 19.7.